The predicted molar refractivity (Wildman–Crippen MR) is 97.2 cm³/mol. The number of aromatic nitrogens is 1. The van der Waals surface area contributed by atoms with Crippen LogP contribution in [-0.2, 0) is 4.79 Å². The highest BCUT2D eigenvalue weighted by molar-refractivity contribution is 5.95. The van der Waals surface area contributed by atoms with Crippen molar-refractivity contribution in [2.24, 2.45) is 5.73 Å². The molecule has 0 spiro atoms. The van der Waals surface area contributed by atoms with Crippen LogP contribution in [0.4, 0.5) is 18.9 Å². The molecule has 0 saturated carbocycles. The van der Waals surface area contributed by atoms with Gasteiger partial charge >= 0.3 is 6.18 Å². The van der Waals surface area contributed by atoms with Crippen LogP contribution in [0.3, 0.4) is 0 Å². The average Bonchev–Trinajstić information content (AvgIpc) is 2.55. The summed E-state index contributed by atoms with van der Waals surface area (Å²) >= 11 is 0. The van der Waals surface area contributed by atoms with Crippen LogP contribution in [-0.4, -0.2) is 30.2 Å². The molecule has 0 aliphatic carbocycles. The Morgan fingerprint density at radius 1 is 1.15 bits per heavy atom. The molecule has 0 aliphatic heterocycles. The summed E-state index contributed by atoms with van der Waals surface area (Å²) < 4.78 is 40.7. The second-order valence-corrected chi connectivity index (χ2v) is 4.98. The highest BCUT2D eigenvalue weighted by atomic mass is 35.5. The molecule has 144 valence electrons. The van der Waals surface area contributed by atoms with Crippen LogP contribution in [0.25, 0.3) is 0 Å². The summed E-state index contributed by atoms with van der Waals surface area (Å²) in [7, 11) is 0. The number of nitrogens with one attached hydrogen (secondary N) is 1. The molecule has 1 unspecified atom stereocenters. The van der Waals surface area contributed by atoms with Crippen LogP contribution in [0, 0.1) is 0 Å². The van der Waals surface area contributed by atoms with Crippen molar-refractivity contribution in [3.05, 3.63) is 54.2 Å². The van der Waals surface area contributed by atoms with Gasteiger partial charge < -0.3 is 15.8 Å². The molecular formula is C16H18Cl2F3N3O2. The topological polar surface area (TPSA) is 77.2 Å². The maximum Gasteiger partial charge on any atom is 0.422 e. The first kappa shape index (κ1) is 24.0. The number of anilines is 1. The number of halogens is 5. The molecule has 0 bridgehead atoms. The lowest BCUT2D eigenvalue weighted by Crippen LogP contribution is -2.27. The zero-order chi connectivity index (χ0) is 17.6. The predicted octanol–water partition coefficient (Wildman–Crippen LogP) is 3.55. The van der Waals surface area contributed by atoms with Crippen molar-refractivity contribution in [1.29, 1.82) is 0 Å². The van der Waals surface area contributed by atoms with E-state index in [4.69, 9.17) is 5.73 Å². The first-order valence-electron chi connectivity index (χ1n) is 7.10. The first-order chi connectivity index (χ1) is 11.4. The molecule has 5 nitrogen and oxygen atoms in total. The fraction of sp³-hybridized carbons (Fsp3) is 0.250. The number of pyridine rings is 1. The van der Waals surface area contributed by atoms with Crippen molar-refractivity contribution in [2.75, 3.05) is 18.5 Å². The SMILES string of the molecule is Cl.Cl.NCC(C(=O)Nc1ccc(OCC(F)(F)F)nc1)c1ccccc1. The first-order valence-corrected chi connectivity index (χ1v) is 7.10. The average molecular weight is 412 g/mol. The van der Waals surface area contributed by atoms with E-state index in [1.54, 1.807) is 24.3 Å². The minimum absolute atomic E-state index is 0. The number of nitrogens with zero attached hydrogens (tertiary/aromatic N) is 1. The number of ether oxygens (including phenoxy) is 1. The molecule has 1 heterocycles. The fourth-order valence-electron chi connectivity index (χ4n) is 2.00. The molecule has 2 aromatic rings. The summed E-state index contributed by atoms with van der Waals surface area (Å²) in [5.74, 6) is -1.04. The van der Waals surface area contributed by atoms with E-state index in [0.29, 0.717) is 5.69 Å². The van der Waals surface area contributed by atoms with Crippen molar-refractivity contribution in [1.82, 2.24) is 4.98 Å². The molecule has 1 aromatic carbocycles. The number of benzene rings is 1. The van der Waals surface area contributed by atoms with Gasteiger partial charge in [0, 0.05) is 12.6 Å². The van der Waals surface area contributed by atoms with Crippen molar-refractivity contribution in [3.63, 3.8) is 0 Å². The van der Waals surface area contributed by atoms with Gasteiger partial charge in [-0.15, -0.1) is 24.8 Å². The van der Waals surface area contributed by atoms with Gasteiger partial charge in [-0.2, -0.15) is 13.2 Å². The van der Waals surface area contributed by atoms with Crippen LogP contribution >= 0.6 is 24.8 Å². The number of amides is 1. The summed E-state index contributed by atoms with van der Waals surface area (Å²) in [6.45, 7) is -1.30. The van der Waals surface area contributed by atoms with E-state index in [9.17, 15) is 18.0 Å². The maximum atomic E-state index is 12.3. The van der Waals surface area contributed by atoms with Crippen LogP contribution in [0.2, 0.25) is 0 Å². The van der Waals surface area contributed by atoms with Gasteiger partial charge in [0.25, 0.3) is 0 Å². The van der Waals surface area contributed by atoms with E-state index >= 15 is 0 Å². The van der Waals surface area contributed by atoms with E-state index < -0.39 is 18.7 Å². The van der Waals surface area contributed by atoms with Gasteiger partial charge in [0.05, 0.1) is 17.8 Å². The molecule has 0 saturated heterocycles. The Balaban J connectivity index is 0.00000312. The standard InChI is InChI=1S/C16H16F3N3O2.2ClH/c17-16(18,19)10-24-14-7-6-12(9-21-14)22-15(23)13(8-20)11-4-2-1-3-5-11;;/h1-7,9,13H,8,10,20H2,(H,22,23);2*1H. The number of nitrogens with two attached hydrogens (primary N) is 1. The Morgan fingerprint density at radius 2 is 1.81 bits per heavy atom. The second-order valence-electron chi connectivity index (χ2n) is 4.98. The van der Waals surface area contributed by atoms with E-state index in [1.807, 2.05) is 6.07 Å². The van der Waals surface area contributed by atoms with Crippen molar-refractivity contribution in [3.8, 4) is 5.88 Å². The summed E-state index contributed by atoms with van der Waals surface area (Å²) in [4.78, 5) is 16.0. The van der Waals surface area contributed by atoms with Gasteiger partial charge in [0.15, 0.2) is 6.61 Å². The monoisotopic (exact) mass is 411 g/mol. The molecular weight excluding hydrogens is 394 g/mol. The fourth-order valence-corrected chi connectivity index (χ4v) is 2.00. The lowest BCUT2D eigenvalue weighted by molar-refractivity contribution is -0.154. The van der Waals surface area contributed by atoms with Gasteiger partial charge in [0.1, 0.15) is 0 Å². The van der Waals surface area contributed by atoms with Crippen LogP contribution < -0.4 is 15.8 Å². The minimum atomic E-state index is -4.43. The Bertz CT molecular complexity index is 671. The molecule has 26 heavy (non-hydrogen) atoms. The van der Waals surface area contributed by atoms with Gasteiger partial charge in [-0.25, -0.2) is 4.98 Å². The number of carbonyl (C=O) groups is 1. The molecule has 1 amide bonds. The van der Waals surface area contributed by atoms with E-state index in [2.05, 4.69) is 15.0 Å². The van der Waals surface area contributed by atoms with Gasteiger partial charge in [-0.05, 0) is 11.6 Å². The Hall–Kier alpha value is -2.03. The summed E-state index contributed by atoms with van der Waals surface area (Å²) in [6, 6.07) is 11.7. The Labute approximate surface area is 161 Å². The summed E-state index contributed by atoms with van der Waals surface area (Å²) in [6.07, 6.45) is -3.21. The van der Waals surface area contributed by atoms with Crippen LogP contribution in [0.1, 0.15) is 11.5 Å². The van der Waals surface area contributed by atoms with E-state index in [-0.39, 0.29) is 43.1 Å². The molecule has 1 atom stereocenters. The zero-order valence-corrected chi connectivity index (χ0v) is 15.0. The largest absolute Gasteiger partial charge is 0.468 e. The van der Waals surface area contributed by atoms with Gasteiger partial charge in [-0.3, -0.25) is 4.79 Å². The number of carbonyl (C=O) groups excluding carboxylic acids is 1. The lowest BCUT2D eigenvalue weighted by atomic mass is 9.98. The van der Waals surface area contributed by atoms with Gasteiger partial charge in [0.2, 0.25) is 11.8 Å². The minimum Gasteiger partial charge on any atom is -0.468 e. The highest BCUT2D eigenvalue weighted by Gasteiger charge is 2.28. The van der Waals surface area contributed by atoms with E-state index in [1.165, 1.54) is 18.3 Å². The third kappa shape index (κ3) is 7.47. The maximum absolute atomic E-state index is 12.3. The van der Waals surface area contributed by atoms with Crippen molar-refractivity contribution in [2.45, 2.75) is 12.1 Å². The molecule has 3 N–H and O–H groups in total. The normalized spacial score (nSPS) is 11.5. The van der Waals surface area contributed by atoms with Crippen LogP contribution in [0.5, 0.6) is 5.88 Å². The highest BCUT2D eigenvalue weighted by Crippen LogP contribution is 2.20. The quantitative estimate of drug-likeness (QED) is 0.761. The number of hydrogen-bond acceptors (Lipinski definition) is 4. The lowest BCUT2D eigenvalue weighted by Gasteiger charge is -2.15. The molecule has 0 fully saturated rings. The summed E-state index contributed by atoms with van der Waals surface area (Å²) in [5.41, 5.74) is 6.78. The molecule has 1 aromatic heterocycles. The van der Waals surface area contributed by atoms with Crippen LogP contribution in [0.15, 0.2) is 48.7 Å². The number of hydrogen-bond donors (Lipinski definition) is 2. The third-order valence-corrected chi connectivity index (χ3v) is 3.14. The molecule has 0 aliphatic rings. The zero-order valence-electron chi connectivity index (χ0n) is 13.4. The molecule has 0 radical (unpaired) electrons. The van der Waals surface area contributed by atoms with Gasteiger partial charge in [-0.1, -0.05) is 30.3 Å². The molecule has 2 rings (SSSR count). The second kappa shape index (κ2) is 10.8. The van der Waals surface area contributed by atoms with E-state index in [0.717, 1.165) is 5.56 Å². The number of rotatable bonds is 6. The van der Waals surface area contributed by atoms with Crippen molar-refractivity contribution < 1.29 is 22.7 Å². The number of alkyl halides is 3. The third-order valence-electron chi connectivity index (χ3n) is 3.14. The smallest absolute Gasteiger partial charge is 0.422 e. The Kier molecular flexibility index (Phi) is 10.0. The summed E-state index contributed by atoms with van der Waals surface area (Å²) in [5, 5.41) is 2.63. The van der Waals surface area contributed by atoms with Crippen molar-refractivity contribution >= 4 is 36.4 Å². The molecule has 10 heteroatoms. The Morgan fingerprint density at radius 3 is 2.31 bits per heavy atom.